The quantitative estimate of drug-likeness (QED) is 0.163. The maximum absolute atomic E-state index is 13.5. The Labute approximate surface area is 264 Å². The molecule has 6 amide bonds. The molecule has 240 valence electrons. The molecule has 3 atom stereocenters. The van der Waals surface area contributed by atoms with Crippen molar-refractivity contribution in [2.45, 2.75) is 63.9 Å². The second-order valence-electron chi connectivity index (χ2n) is 12.2. The highest BCUT2D eigenvalue weighted by Gasteiger charge is 2.50. The van der Waals surface area contributed by atoms with E-state index in [1.54, 1.807) is 24.3 Å². The van der Waals surface area contributed by atoms with Crippen LogP contribution in [-0.2, 0) is 29.1 Å². The van der Waals surface area contributed by atoms with Gasteiger partial charge in [0.05, 0.1) is 12.5 Å². The first-order valence-electron chi connectivity index (χ1n) is 14.8. The molecule has 0 saturated carbocycles. The van der Waals surface area contributed by atoms with E-state index < -0.39 is 53.4 Å². The molecular formula is C34H44N6O5. The Morgan fingerprint density at radius 1 is 0.778 bits per heavy atom. The number of rotatable bonds is 14. The third-order valence-corrected chi connectivity index (χ3v) is 7.31. The number of carbonyl (C=O) groups excluding carboxylic acids is 4. The molecule has 0 aromatic heterocycles. The number of primary amides is 2. The molecule has 0 radical (unpaired) electrons. The monoisotopic (exact) mass is 616 g/mol. The fourth-order valence-corrected chi connectivity index (χ4v) is 5.18. The molecule has 3 aromatic rings. The summed E-state index contributed by atoms with van der Waals surface area (Å²) in [4.78, 5) is 54.1. The zero-order valence-corrected chi connectivity index (χ0v) is 26.0. The van der Waals surface area contributed by atoms with Gasteiger partial charge in [0.25, 0.3) is 0 Å². The molecule has 0 bridgehead atoms. The van der Waals surface area contributed by atoms with E-state index in [0.717, 1.165) is 11.1 Å². The Morgan fingerprint density at radius 3 is 1.78 bits per heavy atom. The zero-order valence-electron chi connectivity index (χ0n) is 26.0. The molecule has 11 nitrogen and oxygen atoms in total. The van der Waals surface area contributed by atoms with E-state index in [-0.39, 0.29) is 26.1 Å². The Kier molecular flexibility index (Phi) is 12.1. The molecule has 11 heteroatoms. The summed E-state index contributed by atoms with van der Waals surface area (Å²) in [7, 11) is 0. The van der Waals surface area contributed by atoms with E-state index in [1.165, 1.54) is 4.90 Å². The summed E-state index contributed by atoms with van der Waals surface area (Å²) in [5.41, 5.74) is 11.2. The van der Waals surface area contributed by atoms with Crippen molar-refractivity contribution in [3.05, 3.63) is 108 Å². The Bertz CT molecular complexity index is 1420. The molecule has 0 spiro atoms. The molecular weight excluding hydrogens is 572 g/mol. The van der Waals surface area contributed by atoms with Gasteiger partial charge in [-0.3, -0.25) is 9.59 Å². The zero-order chi connectivity index (χ0) is 33.0. The first-order valence-corrected chi connectivity index (χ1v) is 14.8. The fraction of sp³-hybridized carbons (Fsp3) is 0.353. The van der Waals surface area contributed by atoms with Crippen LogP contribution in [-0.4, -0.2) is 57.6 Å². The van der Waals surface area contributed by atoms with Crippen LogP contribution in [0.1, 0.15) is 43.9 Å². The fourth-order valence-electron chi connectivity index (χ4n) is 5.18. The van der Waals surface area contributed by atoms with Crippen molar-refractivity contribution in [2.75, 3.05) is 6.54 Å². The highest BCUT2D eigenvalue weighted by molar-refractivity contribution is 5.95. The summed E-state index contributed by atoms with van der Waals surface area (Å²) in [5, 5.41) is 20.2. The molecule has 3 rings (SSSR count). The summed E-state index contributed by atoms with van der Waals surface area (Å²) >= 11 is 0. The van der Waals surface area contributed by atoms with E-state index in [9.17, 15) is 24.3 Å². The Morgan fingerprint density at radius 2 is 1.29 bits per heavy atom. The number of hydrogen-bond donors (Lipinski definition) is 6. The average Bonchev–Trinajstić information content (AvgIpc) is 2.98. The van der Waals surface area contributed by atoms with Gasteiger partial charge in [0.15, 0.2) is 0 Å². The van der Waals surface area contributed by atoms with Crippen molar-refractivity contribution in [3.63, 3.8) is 0 Å². The standard InChI is InChI=1S/C34H44N6O5/c1-33(2,3)39-32(45)40(22-26-17-11-6-12-18-26)23-28(41)27(19-24-13-7-4-8-14-24)34(30(36)43,20-29(35)42)38-31(44)37-21-25-15-9-5-10-16-25/h4-18,27-28,41H,19-23H2,1-3H3,(H2,35,42)(H2,36,43)(H,39,45)(H2,37,38,44). The number of nitrogens with two attached hydrogens (primary N) is 2. The second-order valence-corrected chi connectivity index (χ2v) is 12.2. The van der Waals surface area contributed by atoms with Gasteiger partial charge in [-0.2, -0.15) is 0 Å². The SMILES string of the molecule is CC(C)(C)NC(=O)N(Cc1ccccc1)CC(O)C(Cc1ccccc1)C(CC(N)=O)(NC(=O)NCc1ccccc1)C(N)=O. The number of nitrogens with one attached hydrogen (secondary N) is 3. The normalized spacial score (nSPS) is 13.9. The van der Waals surface area contributed by atoms with Crippen LogP contribution in [0.3, 0.4) is 0 Å². The van der Waals surface area contributed by atoms with Crippen molar-refractivity contribution < 1.29 is 24.3 Å². The van der Waals surface area contributed by atoms with Gasteiger partial charge in [-0.25, -0.2) is 9.59 Å². The lowest BCUT2D eigenvalue weighted by Gasteiger charge is -2.42. The number of aliphatic hydroxyl groups excluding tert-OH is 1. The van der Waals surface area contributed by atoms with Crippen LogP contribution < -0.4 is 27.4 Å². The molecule has 0 saturated heterocycles. The van der Waals surface area contributed by atoms with Gasteiger partial charge in [-0.15, -0.1) is 0 Å². The van der Waals surface area contributed by atoms with Gasteiger partial charge in [0, 0.05) is 31.1 Å². The number of amides is 6. The van der Waals surface area contributed by atoms with E-state index >= 15 is 0 Å². The van der Waals surface area contributed by atoms with Crippen molar-refractivity contribution in [2.24, 2.45) is 17.4 Å². The molecule has 0 aliphatic heterocycles. The van der Waals surface area contributed by atoms with Crippen LogP contribution in [0, 0.1) is 5.92 Å². The van der Waals surface area contributed by atoms with E-state index in [2.05, 4.69) is 16.0 Å². The maximum atomic E-state index is 13.5. The molecule has 0 fully saturated rings. The lowest BCUT2D eigenvalue weighted by molar-refractivity contribution is -0.134. The molecule has 8 N–H and O–H groups in total. The van der Waals surface area contributed by atoms with Crippen LogP contribution >= 0.6 is 0 Å². The third kappa shape index (κ3) is 10.6. The van der Waals surface area contributed by atoms with E-state index in [0.29, 0.717) is 5.56 Å². The Balaban J connectivity index is 2.02. The number of urea groups is 2. The third-order valence-electron chi connectivity index (χ3n) is 7.31. The summed E-state index contributed by atoms with van der Waals surface area (Å²) < 4.78 is 0. The minimum atomic E-state index is -2.11. The van der Waals surface area contributed by atoms with Gasteiger partial charge in [-0.1, -0.05) is 91.0 Å². The molecule has 3 aromatic carbocycles. The number of aliphatic hydroxyl groups is 1. The summed E-state index contributed by atoms with van der Waals surface area (Å²) in [6.07, 6.45) is -2.10. The van der Waals surface area contributed by atoms with Gasteiger partial charge < -0.3 is 37.4 Å². The average molecular weight is 617 g/mol. The lowest BCUT2D eigenvalue weighted by atomic mass is 9.73. The summed E-state index contributed by atoms with van der Waals surface area (Å²) in [6, 6.07) is 26.1. The van der Waals surface area contributed by atoms with Gasteiger partial charge >= 0.3 is 12.1 Å². The minimum Gasteiger partial charge on any atom is -0.391 e. The largest absolute Gasteiger partial charge is 0.391 e. The topological polar surface area (TPSA) is 180 Å². The molecule has 45 heavy (non-hydrogen) atoms. The van der Waals surface area contributed by atoms with Crippen molar-refractivity contribution in [1.82, 2.24) is 20.9 Å². The molecule has 0 aliphatic rings. The smallest absolute Gasteiger partial charge is 0.318 e. The van der Waals surface area contributed by atoms with Gasteiger partial charge in [0.1, 0.15) is 5.54 Å². The number of carbonyl (C=O) groups is 4. The first-order chi connectivity index (χ1) is 21.3. The predicted molar refractivity (Wildman–Crippen MR) is 172 cm³/mol. The lowest BCUT2D eigenvalue weighted by Crippen LogP contribution is -2.68. The Hall–Kier alpha value is -4.90. The van der Waals surface area contributed by atoms with Crippen molar-refractivity contribution in [1.29, 1.82) is 0 Å². The maximum Gasteiger partial charge on any atom is 0.318 e. The van der Waals surface area contributed by atoms with Crippen LogP contribution in [0.4, 0.5) is 9.59 Å². The van der Waals surface area contributed by atoms with Gasteiger partial charge in [-0.05, 0) is 43.9 Å². The van der Waals surface area contributed by atoms with Crippen LogP contribution in [0.25, 0.3) is 0 Å². The van der Waals surface area contributed by atoms with Crippen LogP contribution in [0.15, 0.2) is 91.0 Å². The molecule has 3 unspecified atom stereocenters. The minimum absolute atomic E-state index is 0.0251. The predicted octanol–water partition coefficient (Wildman–Crippen LogP) is 2.82. The molecule has 0 heterocycles. The van der Waals surface area contributed by atoms with Crippen LogP contribution in [0.5, 0.6) is 0 Å². The van der Waals surface area contributed by atoms with Crippen molar-refractivity contribution in [3.8, 4) is 0 Å². The second kappa shape index (κ2) is 15.7. The highest BCUT2D eigenvalue weighted by Crippen LogP contribution is 2.30. The number of nitrogens with zero attached hydrogens (tertiary/aromatic N) is 1. The first kappa shape index (κ1) is 34.6. The number of hydrogen-bond acceptors (Lipinski definition) is 5. The van der Waals surface area contributed by atoms with Crippen LogP contribution in [0.2, 0.25) is 0 Å². The van der Waals surface area contributed by atoms with Crippen molar-refractivity contribution >= 4 is 23.9 Å². The number of benzene rings is 3. The highest BCUT2D eigenvalue weighted by atomic mass is 16.3. The van der Waals surface area contributed by atoms with Gasteiger partial charge in [0.2, 0.25) is 11.8 Å². The van der Waals surface area contributed by atoms with E-state index in [4.69, 9.17) is 11.5 Å². The summed E-state index contributed by atoms with van der Waals surface area (Å²) in [5.74, 6) is -3.13. The summed E-state index contributed by atoms with van der Waals surface area (Å²) in [6.45, 7) is 5.52. The molecule has 0 aliphatic carbocycles. The van der Waals surface area contributed by atoms with E-state index in [1.807, 2.05) is 87.5 Å².